The molecule has 0 heterocycles. The first kappa shape index (κ1) is 7.47. The van der Waals surface area contributed by atoms with E-state index in [1.165, 1.54) is 6.08 Å². The predicted octanol–water partition coefficient (Wildman–Crippen LogP) is -0.105. The standard InChI is InChI=1S/C6H6ClNO2/c7-5-3-4(9)1-2-6(5,8)10/h1-3,10H,8H2. The van der Waals surface area contributed by atoms with E-state index in [1.54, 1.807) is 0 Å². The summed E-state index contributed by atoms with van der Waals surface area (Å²) in [4.78, 5) is 10.5. The highest BCUT2D eigenvalue weighted by atomic mass is 35.5. The van der Waals surface area contributed by atoms with Crippen molar-refractivity contribution >= 4 is 17.4 Å². The van der Waals surface area contributed by atoms with Crippen LogP contribution in [-0.4, -0.2) is 16.6 Å². The number of rotatable bonds is 0. The molecule has 1 aliphatic carbocycles. The second kappa shape index (κ2) is 2.20. The summed E-state index contributed by atoms with van der Waals surface area (Å²) < 4.78 is 0. The molecule has 3 nitrogen and oxygen atoms in total. The third-order valence-corrected chi connectivity index (χ3v) is 1.57. The van der Waals surface area contributed by atoms with Gasteiger partial charge in [-0.15, -0.1) is 0 Å². The van der Waals surface area contributed by atoms with E-state index in [-0.39, 0.29) is 10.8 Å². The molecule has 0 saturated carbocycles. The quantitative estimate of drug-likeness (QED) is 0.485. The normalized spacial score (nSPS) is 32.3. The van der Waals surface area contributed by atoms with Crippen molar-refractivity contribution in [3.63, 3.8) is 0 Å². The lowest BCUT2D eigenvalue weighted by Crippen LogP contribution is -2.39. The molecule has 1 atom stereocenters. The van der Waals surface area contributed by atoms with E-state index in [4.69, 9.17) is 22.4 Å². The molecule has 4 heteroatoms. The molecule has 3 N–H and O–H groups in total. The van der Waals surface area contributed by atoms with Crippen molar-refractivity contribution in [2.45, 2.75) is 5.72 Å². The highest BCUT2D eigenvalue weighted by Gasteiger charge is 2.25. The molecule has 10 heavy (non-hydrogen) atoms. The fourth-order valence-corrected chi connectivity index (χ4v) is 0.748. The summed E-state index contributed by atoms with van der Waals surface area (Å²) in [6.45, 7) is 0. The average molecular weight is 160 g/mol. The van der Waals surface area contributed by atoms with E-state index >= 15 is 0 Å². The zero-order valence-corrected chi connectivity index (χ0v) is 5.80. The molecule has 0 aromatic heterocycles. The van der Waals surface area contributed by atoms with Gasteiger partial charge in [0.2, 0.25) is 0 Å². The van der Waals surface area contributed by atoms with Crippen LogP contribution in [0.5, 0.6) is 0 Å². The fraction of sp³-hybridized carbons (Fsp3) is 0.167. The molecule has 0 aromatic carbocycles. The topological polar surface area (TPSA) is 63.3 Å². The van der Waals surface area contributed by atoms with Crippen molar-refractivity contribution in [3.05, 3.63) is 23.3 Å². The van der Waals surface area contributed by atoms with Crippen molar-refractivity contribution < 1.29 is 9.90 Å². The molecule has 0 fully saturated rings. The zero-order chi connectivity index (χ0) is 7.78. The minimum atomic E-state index is -1.66. The van der Waals surface area contributed by atoms with E-state index < -0.39 is 5.72 Å². The van der Waals surface area contributed by atoms with E-state index in [9.17, 15) is 4.79 Å². The summed E-state index contributed by atoms with van der Waals surface area (Å²) in [5, 5.41) is 9.04. The number of carbonyl (C=O) groups excluding carboxylic acids is 1. The maximum atomic E-state index is 10.5. The average Bonchev–Trinajstić information content (AvgIpc) is 1.81. The molecule has 0 aromatic rings. The lowest BCUT2D eigenvalue weighted by molar-refractivity contribution is -0.110. The van der Waals surface area contributed by atoms with E-state index in [0.717, 1.165) is 12.2 Å². The molecule has 0 spiro atoms. The van der Waals surface area contributed by atoms with Crippen LogP contribution in [0.3, 0.4) is 0 Å². The summed E-state index contributed by atoms with van der Waals surface area (Å²) in [5.74, 6) is -0.264. The van der Waals surface area contributed by atoms with Crippen LogP contribution in [0.1, 0.15) is 0 Å². The fourth-order valence-electron chi connectivity index (χ4n) is 0.577. The van der Waals surface area contributed by atoms with Crippen molar-refractivity contribution in [1.29, 1.82) is 0 Å². The van der Waals surface area contributed by atoms with Gasteiger partial charge in [0.15, 0.2) is 11.5 Å². The molecule has 0 amide bonds. The van der Waals surface area contributed by atoms with Gasteiger partial charge in [-0.25, -0.2) is 0 Å². The Hall–Kier alpha value is -0.640. The molecule has 54 valence electrons. The van der Waals surface area contributed by atoms with Crippen LogP contribution in [0.4, 0.5) is 0 Å². The first-order chi connectivity index (χ1) is 4.52. The van der Waals surface area contributed by atoms with Gasteiger partial charge < -0.3 is 5.11 Å². The van der Waals surface area contributed by atoms with Crippen LogP contribution in [0.2, 0.25) is 0 Å². The third kappa shape index (κ3) is 1.26. The maximum Gasteiger partial charge on any atom is 0.179 e. The van der Waals surface area contributed by atoms with Gasteiger partial charge in [0.1, 0.15) is 0 Å². The Bertz CT molecular complexity index is 230. The largest absolute Gasteiger partial charge is 0.367 e. The van der Waals surface area contributed by atoms with Crippen LogP contribution in [0, 0.1) is 0 Å². The minimum absolute atomic E-state index is 0.0556. The van der Waals surface area contributed by atoms with Crippen molar-refractivity contribution in [2.75, 3.05) is 0 Å². The predicted molar refractivity (Wildman–Crippen MR) is 37.2 cm³/mol. The van der Waals surface area contributed by atoms with Gasteiger partial charge in [-0.3, -0.25) is 10.5 Å². The Kier molecular flexibility index (Phi) is 1.64. The summed E-state index contributed by atoms with van der Waals surface area (Å²) in [5.41, 5.74) is 3.54. The van der Waals surface area contributed by atoms with Crippen LogP contribution in [0.15, 0.2) is 23.3 Å². The highest BCUT2D eigenvalue weighted by molar-refractivity contribution is 6.33. The number of carbonyl (C=O) groups is 1. The second-order valence-corrected chi connectivity index (χ2v) is 2.46. The molecule has 0 saturated heterocycles. The van der Waals surface area contributed by atoms with Gasteiger partial charge in [-0.05, 0) is 12.2 Å². The Labute approximate surface area is 62.8 Å². The van der Waals surface area contributed by atoms with Crippen LogP contribution in [-0.2, 0) is 4.79 Å². The molecule has 1 rings (SSSR count). The number of hydrogen-bond donors (Lipinski definition) is 2. The van der Waals surface area contributed by atoms with Crippen LogP contribution >= 0.6 is 11.6 Å². The first-order valence-corrected chi connectivity index (χ1v) is 3.02. The smallest absolute Gasteiger partial charge is 0.179 e. The van der Waals surface area contributed by atoms with E-state index in [0.29, 0.717) is 0 Å². The lowest BCUT2D eigenvalue weighted by atomic mass is 10.1. The Morgan fingerprint density at radius 3 is 2.70 bits per heavy atom. The van der Waals surface area contributed by atoms with Gasteiger partial charge >= 0.3 is 0 Å². The summed E-state index contributed by atoms with van der Waals surface area (Å²) >= 11 is 5.42. The molecule has 1 aliphatic rings. The van der Waals surface area contributed by atoms with Gasteiger partial charge in [0, 0.05) is 6.08 Å². The van der Waals surface area contributed by atoms with Gasteiger partial charge in [0.05, 0.1) is 5.03 Å². The van der Waals surface area contributed by atoms with Crippen LogP contribution in [0.25, 0.3) is 0 Å². The van der Waals surface area contributed by atoms with Crippen molar-refractivity contribution in [2.24, 2.45) is 5.73 Å². The first-order valence-electron chi connectivity index (χ1n) is 2.64. The highest BCUT2D eigenvalue weighted by Crippen LogP contribution is 2.20. The van der Waals surface area contributed by atoms with Crippen molar-refractivity contribution in [3.8, 4) is 0 Å². The number of aliphatic hydroxyl groups is 1. The van der Waals surface area contributed by atoms with E-state index in [1.807, 2.05) is 0 Å². The summed E-state index contributed by atoms with van der Waals surface area (Å²) in [6, 6.07) is 0. The third-order valence-electron chi connectivity index (χ3n) is 1.15. The van der Waals surface area contributed by atoms with E-state index in [2.05, 4.69) is 0 Å². The Morgan fingerprint density at radius 2 is 2.30 bits per heavy atom. The number of allylic oxidation sites excluding steroid dienone is 2. The van der Waals surface area contributed by atoms with Gasteiger partial charge in [0.25, 0.3) is 0 Å². The Morgan fingerprint density at radius 1 is 1.70 bits per heavy atom. The lowest BCUT2D eigenvalue weighted by Gasteiger charge is -2.19. The maximum absolute atomic E-state index is 10.5. The minimum Gasteiger partial charge on any atom is -0.367 e. The van der Waals surface area contributed by atoms with Gasteiger partial charge in [-0.1, -0.05) is 11.6 Å². The molecular formula is C6H6ClNO2. The molecule has 0 aliphatic heterocycles. The van der Waals surface area contributed by atoms with Crippen molar-refractivity contribution in [1.82, 2.24) is 0 Å². The summed E-state index contributed by atoms with van der Waals surface area (Å²) in [6.07, 6.45) is 3.41. The Balaban J connectivity index is 2.97. The monoisotopic (exact) mass is 159 g/mol. The number of hydrogen-bond acceptors (Lipinski definition) is 3. The number of ketones is 1. The SMILES string of the molecule is NC1(O)C=CC(=O)C=C1Cl. The second-order valence-electron chi connectivity index (χ2n) is 2.05. The summed E-state index contributed by atoms with van der Waals surface area (Å²) in [7, 11) is 0. The molecule has 1 unspecified atom stereocenters. The van der Waals surface area contributed by atoms with Crippen LogP contribution < -0.4 is 5.73 Å². The number of nitrogens with two attached hydrogens (primary N) is 1. The van der Waals surface area contributed by atoms with Gasteiger partial charge in [-0.2, -0.15) is 0 Å². The zero-order valence-electron chi connectivity index (χ0n) is 5.04. The number of halogens is 1. The molecule has 0 bridgehead atoms. The molecular weight excluding hydrogens is 154 g/mol. The molecule has 0 radical (unpaired) electrons.